The third-order valence-electron chi connectivity index (χ3n) is 3.19. The predicted molar refractivity (Wildman–Crippen MR) is 76.4 cm³/mol. The highest BCUT2D eigenvalue weighted by Gasteiger charge is 2.17. The quantitative estimate of drug-likeness (QED) is 0.682. The average molecular weight is 314 g/mol. The van der Waals surface area contributed by atoms with E-state index in [4.69, 9.17) is 5.73 Å². The van der Waals surface area contributed by atoms with Crippen LogP contribution in [0.4, 0.5) is 0 Å². The molecule has 0 bridgehead atoms. The number of likely N-dealkylation sites (tertiary alicyclic amines) is 1. The summed E-state index contributed by atoms with van der Waals surface area (Å²) in [6.45, 7) is 5.76. The van der Waals surface area contributed by atoms with Crippen molar-refractivity contribution >= 4 is 21.9 Å². The van der Waals surface area contributed by atoms with Crippen LogP contribution in [0.1, 0.15) is 19.8 Å². The van der Waals surface area contributed by atoms with Crippen molar-refractivity contribution < 1.29 is 0 Å². The molecule has 1 atom stereocenters. The second-order valence-electron chi connectivity index (χ2n) is 4.85. The molecule has 0 aromatic carbocycles. The second kappa shape index (κ2) is 6.22. The van der Waals surface area contributed by atoms with E-state index in [-0.39, 0.29) is 0 Å². The van der Waals surface area contributed by atoms with Crippen LogP contribution in [0.2, 0.25) is 0 Å². The Morgan fingerprint density at radius 2 is 2.50 bits per heavy atom. The molecule has 2 heterocycles. The highest BCUT2D eigenvalue weighted by molar-refractivity contribution is 9.10. The molecule has 0 spiro atoms. The van der Waals surface area contributed by atoms with Crippen LogP contribution < -0.4 is 5.73 Å². The van der Waals surface area contributed by atoms with Crippen LogP contribution in [0.15, 0.2) is 21.9 Å². The molecule has 18 heavy (non-hydrogen) atoms. The van der Waals surface area contributed by atoms with Crippen LogP contribution in [0.5, 0.6) is 0 Å². The van der Waals surface area contributed by atoms with Gasteiger partial charge in [0.2, 0.25) is 0 Å². The molecule has 1 aromatic heterocycles. The summed E-state index contributed by atoms with van der Waals surface area (Å²) < 4.78 is 2.85. The summed E-state index contributed by atoms with van der Waals surface area (Å²) in [5, 5.41) is 4.18. The molecule has 2 N–H and O–H groups in total. The lowest BCUT2D eigenvalue weighted by Gasteiger charge is -2.31. The Labute approximate surface area is 116 Å². The number of aromatic nitrogens is 2. The molecule has 1 aliphatic rings. The molecule has 1 fully saturated rings. The molecule has 1 aliphatic heterocycles. The number of rotatable bonds is 3. The Kier molecular flexibility index (Phi) is 4.63. The second-order valence-corrected chi connectivity index (χ2v) is 5.77. The van der Waals surface area contributed by atoms with Gasteiger partial charge in [-0.2, -0.15) is 5.10 Å². The maximum Gasteiger partial charge on any atom is 0.191 e. The molecule has 5 nitrogen and oxygen atoms in total. The summed E-state index contributed by atoms with van der Waals surface area (Å²) in [4.78, 5) is 6.62. The first kappa shape index (κ1) is 13.4. The number of hydrogen-bond acceptors (Lipinski definition) is 2. The molecule has 2 rings (SSSR count). The largest absolute Gasteiger partial charge is 0.370 e. The van der Waals surface area contributed by atoms with Gasteiger partial charge in [0.1, 0.15) is 0 Å². The van der Waals surface area contributed by atoms with Gasteiger partial charge in [0.25, 0.3) is 0 Å². The van der Waals surface area contributed by atoms with E-state index in [1.807, 2.05) is 10.9 Å². The van der Waals surface area contributed by atoms with Gasteiger partial charge in [-0.1, -0.05) is 6.92 Å². The minimum atomic E-state index is 0.671. The zero-order valence-electron chi connectivity index (χ0n) is 10.7. The molecular weight excluding hydrogens is 294 g/mol. The van der Waals surface area contributed by atoms with Gasteiger partial charge >= 0.3 is 0 Å². The molecule has 100 valence electrons. The molecule has 0 aliphatic carbocycles. The molecule has 1 unspecified atom stereocenters. The van der Waals surface area contributed by atoms with Crippen molar-refractivity contribution in [1.82, 2.24) is 14.7 Å². The fourth-order valence-corrected chi connectivity index (χ4v) is 2.55. The number of halogens is 1. The lowest BCUT2D eigenvalue weighted by Crippen LogP contribution is -2.43. The SMILES string of the molecule is CC1CCCN(C(N)=NCCn2cc(Br)cn2)C1. The summed E-state index contributed by atoms with van der Waals surface area (Å²) in [6, 6.07) is 0. The van der Waals surface area contributed by atoms with E-state index in [0.29, 0.717) is 12.5 Å². The van der Waals surface area contributed by atoms with Gasteiger partial charge in [-0.25, -0.2) is 0 Å². The van der Waals surface area contributed by atoms with Crippen LogP contribution in [-0.4, -0.2) is 40.3 Å². The van der Waals surface area contributed by atoms with E-state index >= 15 is 0 Å². The zero-order chi connectivity index (χ0) is 13.0. The topological polar surface area (TPSA) is 59.4 Å². The first-order chi connectivity index (χ1) is 8.65. The monoisotopic (exact) mass is 313 g/mol. The van der Waals surface area contributed by atoms with Crippen LogP contribution in [-0.2, 0) is 6.54 Å². The summed E-state index contributed by atoms with van der Waals surface area (Å²) in [5.41, 5.74) is 6.02. The van der Waals surface area contributed by atoms with Gasteiger partial charge in [-0.15, -0.1) is 0 Å². The van der Waals surface area contributed by atoms with Crippen molar-refractivity contribution in [2.24, 2.45) is 16.6 Å². The predicted octanol–water partition coefficient (Wildman–Crippen LogP) is 1.69. The lowest BCUT2D eigenvalue weighted by molar-refractivity contribution is 0.270. The number of guanidine groups is 1. The van der Waals surface area contributed by atoms with E-state index in [9.17, 15) is 0 Å². The normalized spacial score (nSPS) is 21.3. The van der Waals surface area contributed by atoms with E-state index < -0.39 is 0 Å². The minimum Gasteiger partial charge on any atom is -0.370 e. The standard InChI is InChI=1S/C12H20BrN5/c1-10-3-2-5-17(8-10)12(14)15-4-6-18-9-11(13)7-16-18/h7,9-10H,2-6,8H2,1H3,(H2,14,15). The molecule has 0 amide bonds. The summed E-state index contributed by atoms with van der Waals surface area (Å²) in [6.07, 6.45) is 6.22. The smallest absolute Gasteiger partial charge is 0.191 e. The van der Waals surface area contributed by atoms with Crippen molar-refractivity contribution in [3.05, 3.63) is 16.9 Å². The Morgan fingerprint density at radius 3 is 3.17 bits per heavy atom. The minimum absolute atomic E-state index is 0.671. The Morgan fingerprint density at radius 1 is 1.67 bits per heavy atom. The summed E-state index contributed by atoms with van der Waals surface area (Å²) in [5.74, 6) is 1.39. The Bertz CT molecular complexity index is 414. The maximum atomic E-state index is 6.02. The molecular formula is C12H20BrN5. The lowest BCUT2D eigenvalue weighted by atomic mass is 10.0. The van der Waals surface area contributed by atoms with E-state index in [1.54, 1.807) is 6.20 Å². The number of aliphatic imine (C=N–C) groups is 1. The fraction of sp³-hybridized carbons (Fsp3) is 0.667. The van der Waals surface area contributed by atoms with Crippen LogP contribution in [0.3, 0.4) is 0 Å². The third kappa shape index (κ3) is 3.73. The van der Waals surface area contributed by atoms with Crippen molar-refractivity contribution in [2.45, 2.75) is 26.3 Å². The zero-order valence-corrected chi connectivity index (χ0v) is 12.3. The van der Waals surface area contributed by atoms with E-state index in [0.717, 1.165) is 30.0 Å². The van der Waals surface area contributed by atoms with Crippen molar-refractivity contribution in [3.63, 3.8) is 0 Å². The van der Waals surface area contributed by atoms with Crippen molar-refractivity contribution in [2.75, 3.05) is 19.6 Å². The average Bonchev–Trinajstić information content (AvgIpc) is 2.75. The number of hydrogen-bond donors (Lipinski definition) is 1. The highest BCUT2D eigenvalue weighted by atomic mass is 79.9. The Hall–Kier alpha value is -1.04. The molecule has 1 aromatic rings. The van der Waals surface area contributed by atoms with Gasteiger partial charge in [0.05, 0.1) is 23.8 Å². The van der Waals surface area contributed by atoms with Crippen molar-refractivity contribution in [1.29, 1.82) is 0 Å². The van der Waals surface area contributed by atoms with Gasteiger partial charge in [0.15, 0.2) is 5.96 Å². The van der Waals surface area contributed by atoms with Gasteiger partial charge in [-0.05, 0) is 34.7 Å². The highest BCUT2D eigenvalue weighted by Crippen LogP contribution is 2.14. The van der Waals surface area contributed by atoms with E-state index in [1.165, 1.54) is 12.8 Å². The first-order valence-electron chi connectivity index (χ1n) is 6.38. The van der Waals surface area contributed by atoms with Gasteiger partial charge in [-0.3, -0.25) is 9.67 Å². The first-order valence-corrected chi connectivity index (χ1v) is 7.17. The van der Waals surface area contributed by atoms with Crippen LogP contribution in [0, 0.1) is 5.92 Å². The molecule has 6 heteroatoms. The maximum absolute atomic E-state index is 6.02. The third-order valence-corrected chi connectivity index (χ3v) is 3.60. The van der Waals surface area contributed by atoms with Gasteiger partial charge in [0, 0.05) is 19.3 Å². The number of nitrogens with zero attached hydrogens (tertiary/aromatic N) is 4. The molecule has 0 radical (unpaired) electrons. The molecule has 1 saturated heterocycles. The number of nitrogens with two attached hydrogens (primary N) is 1. The van der Waals surface area contributed by atoms with Crippen LogP contribution in [0.25, 0.3) is 0 Å². The van der Waals surface area contributed by atoms with Crippen LogP contribution >= 0.6 is 15.9 Å². The summed E-state index contributed by atoms with van der Waals surface area (Å²) in [7, 11) is 0. The number of piperidine rings is 1. The van der Waals surface area contributed by atoms with Gasteiger partial charge < -0.3 is 10.6 Å². The van der Waals surface area contributed by atoms with Crippen molar-refractivity contribution in [3.8, 4) is 0 Å². The fourth-order valence-electron chi connectivity index (χ4n) is 2.23. The Balaban J connectivity index is 1.81. The van der Waals surface area contributed by atoms with E-state index in [2.05, 4.69) is 37.8 Å². The molecule has 0 saturated carbocycles. The summed E-state index contributed by atoms with van der Waals surface area (Å²) >= 11 is 3.37.